The molecule has 19 heavy (non-hydrogen) atoms. The highest BCUT2D eigenvalue weighted by Gasteiger charge is 2.06. The molecule has 0 radical (unpaired) electrons. The second-order valence-electron chi connectivity index (χ2n) is 4.05. The van der Waals surface area contributed by atoms with Gasteiger partial charge in [-0.25, -0.2) is 0 Å². The van der Waals surface area contributed by atoms with Crippen LogP contribution in [0, 0.1) is 3.77 Å². The zero-order valence-electron chi connectivity index (χ0n) is 9.86. The third-order valence-corrected chi connectivity index (χ3v) is 3.69. The van der Waals surface area contributed by atoms with Crippen LogP contribution in [-0.4, -0.2) is 4.98 Å². The Morgan fingerprint density at radius 1 is 1.21 bits per heavy atom. The number of anilines is 1. The number of nitrogens with one attached hydrogen (secondary N) is 1. The molecule has 0 spiro atoms. The highest BCUT2D eigenvalue weighted by atomic mass is 127. The number of fused-ring (bicyclic) bond motifs is 1. The summed E-state index contributed by atoms with van der Waals surface area (Å²) >= 11 is 8.29. The molecular formula is C14H10ClIN2O. The predicted molar refractivity (Wildman–Crippen MR) is 85.5 cm³/mol. The van der Waals surface area contributed by atoms with Crippen LogP contribution in [0.1, 0.15) is 5.76 Å². The van der Waals surface area contributed by atoms with Crippen LogP contribution in [0.15, 0.2) is 47.0 Å². The Bertz CT molecular complexity index is 726. The lowest BCUT2D eigenvalue weighted by molar-refractivity contribution is 0.493. The van der Waals surface area contributed by atoms with Crippen molar-refractivity contribution in [3.8, 4) is 0 Å². The molecule has 0 unspecified atom stereocenters. The third kappa shape index (κ3) is 2.69. The van der Waals surface area contributed by atoms with Crippen LogP contribution in [0.5, 0.6) is 0 Å². The molecule has 2 heterocycles. The van der Waals surface area contributed by atoms with E-state index in [4.69, 9.17) is 16.0 Å². The largest absolute Gasteiger partial charge is 0.454 e. The van der Waals surface area contributed by atoms with E-state index in [1.54, 1.807) is 6.20 Å². The lowest BCUT2D eigenvalue weighted by atomic mass is 10.2. The van der Waals surface area contributed by atoms with E-state index in [-0.39, 0.29) is 0 Å². The van der Waals surface area contributed by atoms with Crippen LogP contribution < -0.4 is 5.32 Å². The van der Waals surface area contributed by atoms with E-state index < -0.39 is 0 Å². The molecule has 3 nitrogen and oxygen atoms in total. The summed E-state index contributed by atoms with van der Waals surface area (Å²) in [5, 5.41) is 5.02. The van der Waals surface area contributed by atoms with Crippen molar-refractivity contribution in [2.45, 2.75) is 6.54 Å². The van der Waals surface area contributed by atoms with E-state index in [2.05, 4.69) is 32.9 Å². The number of aromatic nitrogens is 1. The van der Waals surface area contributed by atoms with Crippen LogP contribution in [0.4, 0.5) is 5.69 Å². The molecule has 0 aliphatic rings. The van der Waals surface area contributed by atoms with Gasteiger partial charge in [-0.05, 0) is 59.0 Å². The third-order valence-electron chi connectivity index (χ3n) is 2.80. The van der Waals surface area contributed by atoms with Gasteiger partial charge in [0.15, 0.2) is 3.77 Å². The summed E-state index contributed by atoms with van der Waals surface area (Å²) in [6, 6.07) is 11.6. The van der Waals surface area contributed by atoms with Gasteiger partial charge in [0.2, 0.25) is 0 Å². The second-order valence-corrected chi connectivity index (χ2v) is 5.52. The molecule has 0 atom stereocenters. The van der Waals surface area contributed by atoms with Gasteiger partial charge in [-0.3, -0.25) is 4.98 Å². The molecule has 0 fully saturated rings. The Kier molecular flexibility index (Phi) is 3.61. The topological polar surface area (TPSA) is 38.1 Å². The van der Waals surface area contributed by atoms with Crippen LogP contribution in [0.3, 0.4) is 0 Å². The summed E-state index contributed by atoms with van der Waals surface area (Å²) in [6.07, 6.45) is 1.74. The number of halogens is 2. The molecule has 5 heteroatoms. The number of furan rings is 1. The highest BCUT2D eigenvalue weighted by Crippen LogP contribution is 2.28. The van der Waals surface area contributed by atoms with Crippen molar-refractivity contribution >= 4 is 50.8 Å². The Morgan fingerprint density at radius 3 is 2.89 bits per heavy atom. The van der Waals surface area contributed by atoms with E-state index in [0.717, 1.165) is 26.1 Å². The Hall–Kier alpha value is -1.27. The number of nitrogens with zero attached hydrogens (tertiary/aromatic N) is 1. The van der Waals surface area contributed by atoms with Crippen molar-refractivity contribution in [2.75, 3.05) is 5.32 Å². The van der Waals surface area contributed by atoms with E-state index in [0.29, 0.717) is 11.6 Å². The molecule has 0 amide bonds. The second kappa shape index (κ2) is 5.38. The summed E-state index contributed by atoms with van der Waals surface area (Å²) < 4.78 is 6.41. The van der Waals surface area contributed by atoms with E-state index in [9.17, 15) is 0 Å². The van der Waals surface area contributed by atoms with Crippen LogP contribution in [-0.2, 0) is 6.54 Å². The molecule has 0 aliphatic carbocycles. The van der Waals surface area contributed by atoms with Gasteiger partial charge in [-0.2, -0.15) is 0 Å². The van der Waals surface area contributed by atoms with Crippen molar-refractivity contribution in [2.24, 2.45) is 0 Å². The van der Waals surface area contributed by atoms with Gasteiger partial charge >= 0.3 is 0 Å². The molecule has 3 rings (SSSR count). The minimum Gasteiger partial charge on any atom is -0.454 e. The molecular weight excluding hydrogens is 375 g/mol. The normalized spacial score (nSPS) is 10.8. The van der Waals surface area contributed by atoms with Gasteiger partial charge in [0, 0.05) is 17.3 Å². The molecule has 96 valence electrons. The molecule has 0 aliphatic heterocycles. The SMILES string of the molecule is Clc1ccc(NCc2ccc(I)o2)c2cccnc12. The van der Waals surface area contributed by atoms with Gasteiger partial charge < -0.3 is 9.73 Å². The highest BCUT2D eigenvalue weighted by molar-refractivity contribution is 14.1. The molecule has 2 aromatic heterocycles. The van der Waals surface area contributed by atoms with E-state index in [1.807, 2.05) is 36.4 Å². The molecule has 0 bridgehead atoms. The molecule has 1 N–H and O–H groups in total. The summed E-state index contributed by atoms with van der Waals surface area (Å²) in [6.45, 7) is 0.634. The van der Waals surface area contributed by atoms with Crippen molar-refractivity contribution in [3.05, 3.63) is 57.1 Å². The van der Waals surface area contributed by atoms with Crippen molar-refractivity contribution in [1.29, 1.82) is 0 Å². The Labute approximate surface area is 129 Å². The van der Waals surface area contributed by atoms with Gasteiger partial charge in [0.25, 0.3) is 0 Å². The van der Waals surface area contributed by atoms with Crippen LogP contribution in [0.25, 0.3) is 10.9 Å². The molecule has 1 aromatic carbocycles. The first-order chi connectivity index (χ1) is 9.24. The average molecular weight is 385 g/mol. The summed E-state index contributed by atoms with van der Waals surface area (Å²) in [7, 11) is 0. The summed E-state index contributed by atoms with van der Waals surface area (Å²) in [5.41, 5.74) is 1.81. The lowest BCUT2D eigenvalue weighted by Crippen LogP contribution is -1.99. The number of hydrogen-bond acceptors (Lipinski definition) is 3. The first-order valence-corrected chi connectivity index (χ1v) is 7.21. The minimum absolute atomic E-state index is 0.634. The lowest BCUT2D eigenvalue weighted by Gasteiger charge is -2.09. The maximum atomic E-state index is 6.14. The van der Waals surface area contributed by atoms with Gasteiger partial charge in [0.1, 0.15) is 5.76 Å². The fourth-order valence-electron chi connectivity index (χ4n) is 1.92. The van der Waals surface area contributed by atoms with Crippen molar-refractivity contribution in [3.63, 3.8) is 0 Å². The maximum Gasteiger partial charge on any atom is 0.164 e. The summed E-state index contributed by atoms with van der Waals surface area (Å²) in [5.74, 6) is 0.899. The minimum atomic E-state index is 0.634. The standard InChI is InChI=1S/C14H10ClIN2O/c15-11-4-5-12(10-2-1-7-17-14(10)11)18-8-9-3-6-13(16)19-9/h1-7,18H,8H2. The smallest absolute Gasteiger partial charge is 0.164 e. The first-order valence-electron chi connectivity index (χ1n) is 5.75. The number of rotatable bonds is 3. The van der Waals surface area contributed by atoms with E-state index in [1.165, 1.54) is 0 Å². The summed E-state index contributed by atoms with van der Waals surface area (Å²) in [4.78, 5) is 4.30. The zero-order valence-corrected chi connectivity index (χ0v) is 12.8. The zero-order chi connectivity index (χ0) is 13.2. The van der Waals surface area contributed by atoms with Crippen molar-refractivity contribution < 1.29 is 4.42 Å². The average Bonchev–Trinajstić information content (AvgIpc) is 2.84. The van der Waals surface area contributed by atoms with Gasteiger partial charge in [-0.1, -0.05) is 11.6 Å². The van der Waals surface area contributed by atoms with Crippen molar-refractivity contribution in [1.82, 2.24) is 4.98 Å². The first kappa shape index (κ1) is 12.7. The number of benzene rings is 1. The predicted octanol–water partition coefficient (Wildman–Crippen LogP) is 4.70. The number of pyridine rings is 1. The van der Waals surface area contributed by atoms with Gasteiger partial charge in [0.05, 0.1) is 17.1 Å². The Morgan fingerprint density at radius 2 is 2.11 bits per heavy atom. The quantitative estimate of drug-likeness (QED) is 0.665. The van der Waals surface area contributed by atoms with Crippen LogP contribution in [0.2, 0.25) is 5.02 Å². The fraction of sp³-hybridized carbons (Fsp3) is 0.0714. The Balaban J connectivity index is 1.91. The van der Waals surface area contributed by atoms with E-state index >= 15 is 0 Å². The monoisotopic (exact) mass is 384 g/mol. The fourth-order valence-corrected chi connectivity index (χ4v) is 2.60. The molecule has 3 aromatic rings. The van der Waals surface area contributed by atoms with Gasteiger partial charge in [-0.15, -0.1) is 0 Å². The molecule has 0 saturated heterocycles. The molecule has 0 saturated carbocycles. The van der Waals surface area contributed by atoms with Crippen LogP contribution >= 0.6 is 34.2 Å². The number of hydrogen-bond donors (Lipinski definition) is 1. The maximum absolute atomic E-state index is 6.14.